The van der Waals surface area contributed by atoms with E-state index in [4.69, 9.17) is 9.84 Å². The number of thioether (sulfide) groups is 1. The number of ether oxygens (including phenoxy) is 1. The smallest absolute Gasteiger partial charge is 0.325 e. The molecule has 0 unspecified atom stereocenters. The van der Waals surface area contributed by atoms with Crippen LogP contribution >= 0.6 is 11.8 Å². The maximum Gasteiger partial charge on any atom is 0.325 e. The number of carbonyl (C=O) groups excluding carboxylic acids is 1. The number of nitrogens with one attached hydrogen (secondary N) is 1. The molecule has 0 spiro atoms. The minimum atomic E-state index is -0.713. The summed E-state index contributed by atoms with van der Waals surface area (Å²) in [6.45, 7) is 5.96. The van der Waals surface area contributed by atoms with Gasteiger partial charge in [0.25, 0.3) is 6.17 Å². The number of nitrogens with zero attached hydrogens (tertiary/aromatic N) is 3. The van der Waals surface area contributed by atoms with Crippen molar-refractivity contribution in [1.82, 2.24) is 10.1 Å². The number of fused-ring (bicyclic) bond motifs is 3. The Kier molecular flexibility index (Phi) is 7.18. The molecule has 0 saturated heterocycles. The second kappa shape index (κ2) is 10.8. The molecule has 1 aliphatic rings. The van der Waals surface area contributed by atoms with Gasteiger partial charge in [0.05, 0.1) is 16.8 Å². The van der Waals surface area contributed by atoms with Crippen LogP contribution in [0.5, 0.6) is 5.75 Å². The fraction of sp³-hybridized carbons (Fsp3) is 0.172. The number of benzene rings is 3. The van der Waals surface area contributed by atoms with Gasteiger partial charge in [-0.2, -0.15) is 0 Å². The molecule has 8 heteroatoms. The van der Waals surface area contributed by atoms with Gasteiger partial charge in [-0.15, -0.1) is 6.58 Å². The number of H-pyrrole nitrogens is 1. The van der Waals surface area contributed by atoms with E-state index in [-0.39, 0.29) is 17.9 Å². The highest BCUT2D eigenvalue weighted by Crippen LogP contribution is 2.40. The van der Waals surface area contributed by atoms with Crippen LogP contribution in [0.15, 0.2) is 101 Å². The van der Waals surface area contributed by atoms with Gasteiger partial charge in [0, 0.05) is 17.3 Å². The lowest BCUT2D eigenvalue weighted by molar-refractivity contribution is -0.763. The average molecular weight is 512 g/mol. The van der Waals surface area contributed by atoms with E-state index < -0.39 is 6.17 Å². The van der Waals surface area contributed by atoms with E-state index in [1.165, 1.54) is 11.8 Å². The van der Waals surface area contributed by atoms with E-state index in [0.29, 0.717) is 40.2 Å². The molecule has 1 N–H and O–H groups in total. The predicted octanol–water partition coefficient (Wildman–Crippen LogP) is 4.89. The van der Waals surface area contributed by atoms with Crippen LogP contribution < -0.4 is 19.9 Å². The SMILES string of the molecule is C=CCSc1n[n+]2c(c(=O)[nH]1)-c1ccccc1N(C(=O)CC)[C@@H]2c1ccccc1OCc1ccccc1. The summed E-state index contributed by atoms with van der Waals surface area (Å²) in [5, 5.41) is 5.27. The van der Waals surface area contributed by atoms with Crippen molar-refractivity contribution in [3.8, 4) is 17.0 Å². The molecule has 2 heterocycles. The van der Waals surface area contributed by atoms with E-state index in [1.54, 1.807) is 15.7 Å². The monoisotopic (exact) mass is 511 g/mol. The fourth-order valence-corrected chi connectivity index (χ4v) is 5.04. The van der Waals surface area contributed by atoms with Crippen LogP contribution in [0.3, 0.4) is 0 Å². The van der Waals surface area contributed by atoms with Crippen molar-refractivity contribution < 1.29 is 14.2 Å². The summed E-state index contributed by atoms with van der Waals surface area (Å²) in [5.74, 6) is 1.11. The molecule has 0 radical (unpaired) electrons. The number of aromatic nitrogens is 3. The Balaban J connectivity index is 1.71. The van der Waals surface area contributed by atoms with Crippen molar-refractivity contribution in [1.29, 1.82) is 0 Å². The summed E-state index contributed by atoms with van der Waals surface area (Å²) < 4.78 is 7.94. The number of carbonyl (C=O) groups is 1. The number of anilines is 1. The first-order valence-electron chi connectivity index (χ1n) is 12.1. The second-order valence-corrected chi connectivity index (χ2v) is 9.48. The van der Waals surface area contributed by atoms with Crippen LogP contribution in [-0.4, -0.2) is 21.7 Å². The Bertz CT molecular complexity index is 1500. The summed E-state index contributed by atoms with van der Waals surface area (Å²) in [7, 11) is 0. The Morgan fingerprint density at radius 2 is 1.84 bits per heavy atom. The van der Waals surface area contributed by atoms with Gasteiger partial charge < -0.3 is 4.74 Å². The molecule has 37 heavy (non-hydrogen) atoms. The fourth-order valence-electron chi connectivity index (χ4n) is 4.46. The summed E-state index contributed by atoms with van der Waals surface area (Å²) in [4.78, 5) is 31.6. The predicted molar refractivity (Wildman–Crippen MR) is 145 cm³/mol. The number of rotatable bonds is 8. The molecule has 186 valence electrons. The third kappa shape index (κ3) is 4.80. The zero-order valence-corrected chi connectivity index (χ0v) is 21.3. The van der Waals surface area contributed by atoms with E-state index in [2.05, 4.69) is 11.6 Å². The van der Waals surface area contributed by atoms with Gasteiger partial charge in [-0.1, -0.05) is 79.4 Å². The van der Waals surface area contributed by atoms with E-state index in [9.17, 15) is 9.59 Å². The molecule has 1 atom stereocenters. The largest absolute Gasteiger partial charge is 0.488 e. The third-order valence-corrected chi connectivity index (χ3v) is 6.96. The molecule has 0 bridgehead atoms. The standard InChI is InChI=1S/C29H26N4O3S/c1-3-18-37-29-30-27(35)26-21-14-8-10-16-23(21)32(25(34)4-2)28(33(26)31-29)22-15-9-11-17-24(22)36-19-20-12-6-5-7-13-20/h3,5-17,28H,1,4,18-19H2,2H3/p+1/t28-/m0/s1. The highest BCUT2D eigenvalue weighted by atomic mass is 32.2. The zero-order valence-electron chi connectivity index (χ0n) is 20.5. The lowest BCUT2D eigenvalue weighted by Gasteiger charge is -2.32. The van der Waals surface area contributed by atoms with Gasteiger partial charge in [0.15, 0.2) is 0 Å². The van der Waals surface area contributed by atoms with Gasteiger partial charge in [-0.25, -0.2) is 4.90 Å². The van der Waals surface area contributed by atoms with Crippen LogP contribution in [0.1, 0.15) is 30.6 Å². The highest BCUT2D eigenvalue weighted by molar-refractivity contribution is 7.99. The summed E-state index contributed by atoms with van der Waals surface area (Å²) in [6, 6.07) is 24.9. The summed E-state index contributed by atoms with van der Waals surface area (Å²) >= 11 is 1.37. The average Bonchev–Trinajstić information content (AvgIpc) is 2.94. The number of aromatic amines is 1. The maximum absolute atomic E-state index is 13.5. The first kappa shape index (κ1) is 24.5. The molecule has 4 aromatic rings. The van der Waals surface area contributed by atoms with Crippen molar-refractivity contribution in [3.05, 3.63) is 113 Å². The van der Waals surface area contributed by atoms with Crippen molar-refractivity contribution in [3.63, 3.8) is 0 Å². The number of hydrogen-bond donors (Lipinski definition) is 1. The lowest BCUT2D eigenvalue weighted by atomic mass is 10.0. The third-order valence-electron chi connectivity index (χ3n) is 6.10. The molecule has 1 amide bonds. The van der Waals surface area contributed by atoms with Gasteiger partial charge in [0.1, 0.15) is 12.4 Å². The normalized spacial score (nSPS) is 14.0. The van der Waals surface area contributed by atoms with Gasteiger partial charge in [-0.3, -0.25) is 14.6 Å². The molecule has 0 fully saturated rings. The molecule has 7 nitrogen and oxygen atoms in total. The molecule has 1 aromatic heterocycles. The maximum atomic E-state index is 13.5. The summed E-state index contributed by atoms with van der Waals surface area (Å²) in [6.07, 6.45) is 1.32. The highest BCUT2D eigenvalue weighted by Gasteiger charge is 2.46. The van der Waals surface area contributed by atoms with Gasteiger partial charge >= 0.3 is 11.3 Å². The Morgan fingerprint density at radius 1 is 1.11 bits per heavy atom. The molecule has 5 rings (SSSR count). The Labute approximate surface area is 219 Å². The van der Waals surface area contributed by atoms with Crippen LogP contribution in [-0.2, 0) is 11.4 Å². The van der Waals surface area contributed by atoms with Crippen LogP contribution in [0.25, 0.3) is 11.3 Å². The Hall–Kier alpha value is -4.17. The quantitative estimate of drug-likeness (QED) is 0.207. The molecular formula is C29H27N4O3S+. The topological polar surface area (TPSA) is 79.2 Å². The molecule has 0 aliphatic carbocycles. The summed E-state index contributed by atoms with van der Waals surface area (Å²) in [5.41, 5.74) is 3.19. The molecule has 3 aromatic carbocycles. The first-order chi connectivity index (χ1) is 18.1. The van der Waals surface area contributed by atoms with Crippen molar-refractivity contribution in [2.45, 2.75) is 31.3 Å². The van der Waals surface area contributed by atoms with Crippen LogP contribution in [0.2, 0.25) is 0 Å². The molecule has 0 saturated carbocycles. The van der Waals surface area contributed by atoms with Crippen LogP contribution in [0.4, 0.5) is 5.69 Å². The minimum Gasteiger partial charge on any atom is -0.488 e. The molecular weight excluding hydrogens is 484 g/mol. The van der Waals surface area contributed by atoms with Gasteiger partial charge in [0.2, 0.25) is 11.1 Å². The van der Waals surface area contributed by atoms with Crippen molar-refractivity contribution in [2.75, 3.05) is 10.7 Å². The Morgan fingerprint density at radius 3 is 2.62 bits per heavy atom. The minimum absolute atomic E-state index is 0.0872. The van der Waals surface area contributed by atoms with E-state index in [0.717, 1.165) is 11.1 Å². The van der Waals surface area contributed by atoms with E-state index in [1.807, 2.05) is 85.8 Å². The van der Waals surface area contributed by atoms with Crippen LogP contribution in [0, 0.1) is 0 Å². The van der Waals surface area contributed by atoms with Crippen molar-refractivity contribution in [2.24, 2.45) is 0 Å². The van der Waals surface area contributed by atoms with E-state index >= 15 is 0 Å². The number of amides is 1. The second-order valence-electron chi connectivity index (χ2n) is 8.47. The molecule has 1 aliphatic heterocycles. The number of hydrogen-bond acceptors (Lipinski definition) is 5. The van der Waals surface area contributed by atoms with Crippen molar-refractivity contribution >= 4 is 23.4 Å². The van der Waals surface area contributed by atoms with Gasteiger partial charge in [-0.05, 0) is 34.5 Å². The zero-order chi connectivity index (χ0) is 25.8. The number of para-hydroxylation sites is 2. The lowest BCUT2D eigenvalue weighted by Crippen LogP contribution is -2.61. The first-order valence-corrected chi connectivity index (χ1v) is 13.1.